The van der Waals surface area contributed by atoms with Gasteiger partial charge in [-0.2, -0.15) is 0 Å². The van der Waals surface area contributed by atoms with Crippen LogP contribution in [-0.2, 0) is 20.7 Å². The van der Waals surface area contributed by atoms with Crippen LogP contribution in [0.1, 0.15) is 12.5 Å². The van der Waals surface area contributed by atoms with Crippen LogP contribution < -0.4 is 0 Å². The maximum Gasteiger partial charge on any atom is 0.249 e. The number of hydrogen-bond acceptors (Lipinski definition) is 4. The van der Waals surface area contributed by atoms with Crippen molar-refractivity contribution in [3.63, 3.8) is 0 Å². The van der Waals surface area contributed by atoms with Gasteiger partial charge in [0.1, 0.15) is 12.6 Å². The predicted octanol–water partition coefficient (Wildman–Crippen LogP) is 2.66. The maximum absolute atomic E-state index is 12.8. The fourth-order valence-corrected chi connectivity index (χ4v) is 4.06. The van der Waals surface area contributed by atoms with Crippen molar-refractivity contribution in [2.24, 2.45) is 0 Å². The summed E-state index contributed by atoms with van der Waals surface area (Å²) in [5, 5.41) is 2.06. The molecule has 5 nitrogen and oxygen atoms in total. The summed E-state index contributed by atoms with van der Waals surface area (Å²) >= 11 is 1.70. The Morgan fingerprint density at radius 1 is 1.23 bits per heavy atom. The van der Waals surface area contributed by atoms with Crippen molar-refractivity contribution in [3.8, 4) is 10.4 Å². The van der Waals surface area contributed by atoms with Gasteiger partial charge in [-0.05, 0) is 29.5 Å². The number of likely N-dealkylation sites (N-methyl/N-ethyl adjacent to an activating group) is 1. The normalized spacial score (nSPS) is 17.6. The van der Waals surface area contributed by atoms with Crippen LogP contribution in [0.5, 0.6) is 0 Å². The Kier molecular flexibility index (Phi) is 6.06. The molecule has 1 aromatic heterocycles. The fourth-order valence-electron chi connectivity index (χ4n) is 3.33. The highest BCUT2D eigenvalue weighted by Crippen LogP contribution is 2.25. The molecule has 1 saturated heterocycles. The second-order valence-electron chi connectivity index (χ2n) is 6.33. The van der Waals surface area contributed by atoms with Gasteiger partial charge in [0.05, 0.1) is 0 Å². The Bertz CT molecular complexity index is 743. The SMILES string of the molecule is CCN1CCN(C(=O)COC)C(Cc2ccc(-c3cccs3)cc2)C1=O. The zero-order valence-corrected chi connectivity index (χ0v) is 16.0. The number of hydrogen-bond donors (Lipinski definition) is 0. The molecule has 1 unspecified atom stereocenters. The molecule has 0 N–H and O–H groups in total. The summed E-state index contributed by atoms with van der Waals surface area (Å²) < 4.78 is 4.99. The number of carbonyl (C=O) groups is 2. The van der Waals surface area contributed by atoms with Crippen LogP contribution in [0.15, 0.2) is 41.8 Å². The van der Waals surface area contributed by atoms with Gasteiger partial charge in [0.25, 0.3) is 0 Å². The lowest BCUT2D eigenvalue weighted by Crippen LogP contribution is -2.60. The Hall–Kier alpha value is -2.18. The van der Waals surface area contributed by atoms with E-state index in [-0.39, 0.29) is 18.4 Å². The monoisotopic (exact) mass is 372 g/mol. The molecule has 0 saturated carbocycles. The molecule has 26 heavy (non-hydrogen) atoms. The maximum atomic E-state index is 12.8. The molecule has 1 aliphatic heterocycles. The third-order valence-corrected chi connectivity index (χ3v) is 5.66. The van der Waals surface area contributed by atoms with E-state index in [1.165, 1.54) is 17.6 Å². The van der Waals surface area contributed by atoms with Crippen molar-refractivity contribution >= 4 is 23.2 Å². The van der Waals surface area contributed by atoms with Crippen molar-refractivity contribution in [1.82, 2.24) is 9.80 Å². The Labute approximate surface area is 158 Å². The highest BCUT2D eigenvalue weighted by Gasteiger charge is 2.36. The fraction of sp³-hybridized carbons (Fsp3) is 0.400. The minimum absolute atomic E-state index is 0.00716. The van der Waals surface area contributed by atoms with E-state index in [0.717, 1.165) is 5.56 Å². The van der Waals surface area contributed by atoms with E-state index in [9.17, 15) is 9.59 Å². The summed E-state index contributed by atoms with van der Waals surface area (Å²) in [5.41, 5.74) is 2.22. The molecule has 138 valence electrons. The van der Waals surface area contributed by atoms with E-state index in [2.05, 4.69) is 23.6 Å². The zero-order chi connectivity index (χ0) is 18.5. The van der Waals surface area contributed by atoms with Crippen molar-refractivity contribution < 1.29 is 14.3 Å². The highest BCUT2D eigenvalue weighted by atomic mass is 32.1. The van der Waals surface area contributed by atoms with Crippen LogP contribution in [0.25, 0.3) is 10.4 Å². The van der Waals surface area contributed by atoms with Crippen molar-refractivity contribution in [2.45, 2.75) is 19.4 Å². The summed E-state index contributed by atoms with van der Waals surface area (Å²) in [6.45, 7) is 3.78. The van der Waals surface area contributed by atoms with Gasteiger partial charge in [0, 0.05) is 38.0 Å². The van der Waals surface area contributed by atoms with Crippen molar-refractivity contribution in [3.05, 3.63) is 47.3 Å². The van der Waals surface area contributed by atoms with Gasteiger partial charge in [-0.15, -0.1) is 11.3 Å². The van der Waals surface area contributed by atoms with Crippen molar-refractivity contribution in [2.75, 3.05) is 33.4 Å². The molecule has 0 bridgehead atoms. The van der Waals surface area contributed by atoms with Gasteiger partial charge in [0.15, 0.2) is 0 Å². The Balaban J connectivity index is 1.78. The first-order valence-corrected chi connectivity index (χ1v) is 9.72. The van der Waals surface area contributed by atoms with E-state index in [4.69, 9.17) is 4.74 Å². The molecule has 0 radical (unpaired) electrons. The third-order valence-electron chi connectivity index (χ3n) is 4.74. The second-order valence-corrected chi connectivity index (χ2v) is 7.28. The first kappa shape index (κ1) is 18.6. The zero-order valence-electron chi connectivity index (χ0n) is 15.2. The van der Waals surface area contributed by atoms with E-state index in [1.807, 2.05) is 30.0 Å². The van der Waals surface area contributed by atoms with E-state index in [0.29, 0.717) is 26.1 Å². The van der Waals surface area contributed by atoms with Gasteiger partial charge >= 0.3 is 0 Å². The number of nitrogens with zero attached hydrogens (tertiary/aromatic N) is 2. The average Bonchev–Trinajstić information content (AvgIpc) is 3.19. The summed E-state index contributed by atoms with van der Waals surface area (Å²) in [4.78, 5) is 29.9. The van der Waals surface area contributed by atoms with Gasteiger partial charge in [-0.3, -0.25) is 9.59 Å². The molecule has 1 aliphatic rings. The summed E-state index contributed by atoms with van der Waals surface area (Å²) in [5.74, 6) is -0.109. The van der Waals surface area contributed by atoms with Crippen LogP contribution in [-0.4, -0.2) is 61.0 Å². The van der Waals surface area contributed by atoms with Gasteiger partial charge in [-0.1, -0.05) is 30.3 Å². The van der Waals surface area contributed by atoms with Crippen LogP contribution in [0, 0.1) is 0 Å². The smallest absolute Gasteiger partial charge is 0.249 e. The molecule has 1 atom stereocenters. The predicted molar refractivity (Wildman–Crippen MR) is 103 cm³/mol. The minimum atomic E-state index is -0.459. The summed E-state index contributed by atoms with van der Waals surface area (Å²) in [6, 6.07) is 11.9. The Morgan fingerprint density at radius 3 is 2.62 bits per heavy atom. The largest absolute Gasteiger partial charge is 0.375 e. The van der Waals surface area contributed by atoms with Crippen LogP contribution in [0.4, 0.5) is 0 Å². The highest BCUT2D eigenvalue weighted by molar-refractivity contribution is 7.13. The van der Waals surface area contributed by atoms with E-state index in [1.54, 1.807) is 16.2 Å². The molecule has 1 aromatic carbocycles. The van der Waals surface area contributed by atoms with Gasteiger partial charge in [-0.25, -0.2) is 0 Å². The molecule has 1 fully saturated rings. The molecular weight excluding hydrogens is 348 g/mol. The molecular formula is C20H24N2O3S. The number of rotatable bonds is 6. The molecule has 3 rings (SSSR count). The molecule has 2 amide bonds. The van der Waals surface area contributed by atoms with E-state index >= 15 is 0 Å². The number of thiophene rings is 1. The Morgan fingerprint density at radius 2 is 2.00 bits per heavy atom. The number of benzene rings is 1. The molecule has 6 heteroatoms. The molecule has 0 aliphatic carbocycles. The summed E-state index contributed by atoms with van der Waals surface area (Å²) in [7, 11) is 1.50. The summed E-state index contributed by atoms with van der Waals surface area (Å²) in [6.07, 6.45) is 0.523. The third kappa shape index (κ3) is 3.97. The topological polar surface area (TPSA) is 49.9 Å². The lowest BCUT2D eigenvalue weighted by molar-refractivity contribution is -0.153. The number of methoxy groups -OCH3 is 1. The molecule has 2 heterocycles. The van der Waals surface area contributed by atoms with E-state index < -0.39 is 6.04 Å². The van der Waals surface area contributed by atoms with Crippen LogP contribution >= 0.6 is 11.3 Å². The van der Waals surface area contributed by atoms with Crippen molar-refractivity contribution in [1.29, 1.82) is 0 Å². The minimum Gasteiger partial charge on any atom is -0.375 e. The number of ether oxygens (including phenoxy) is 1. The lowest BCUT2D eigenvalue weighted by atomic mass is 9.99. The van der Waals surface area contributed by atoms with Crippen LogP contribution in [0.2, 0.25) is 0 Å². The number of carbonyl (C=O) groups excluding carboxylic acids is 2. The first-order valence-electron chi connectivity index (χ1n) is 8.84. The van der Waals surface area contributed by atoms with Crippen LogP contribution in [0.3, 0.4) is 0 Å². The van der Waals surface area contributed by atoms with Gasteiger partial charge in [0.2, 0.25) is 11.8 Å². The second kappa shape index (κ2) is 8.47. The van der Waals surface area contributed by atoms with Gasteiger partial charge < -0.3 is 14.5 Å². The molecule has 2 aromatic rings. The first-order chi connectivity index (χ1) is 12.6. The lowest BCUT2D eigenvalue weighted by Gasteiger charge is -2.40. The quantitative estimate of drug-likeness (QED) is 0.783. The number of amides is 2. The molecule has 0 spiro atoms. The average molecular weight is 372 g/mol. The standard InChI is InChI=1S/C20H24N2O3S/c1-3-21-10-11-22(19(23)14-25-2)17(20(21)24)13-15-6-8-16(9-7-15)18-5-4-12-26-18/h4-9,12,17H,3,10-11,13-14H2,1-2H3. The number of piperazine rings is 1.